The van der Waals surface area contributed by atoms with Crippen LogP contribution in [0.4, 0.5) is 4.39 Å². The van der Waals surface area contributed by atoms with Crippen molar-refractivity contribution >= 4 is 27.3 Å². The van der Waals surface area contributed by atoms with E-state index in [1.54, 1.807) is 0 Å². The molecule has 1 aliphatic rings. The SMILES string of the molecule is O=C(O)COCC1CCN(S(=O)(=O)c2sccc2F)CC1. The normalized spacial score (nSPS) is 18.0. The van der Waals surface area contributed by atoms with Crippen molar-refractivity contribution in [1.82, 2.24) is 4.31 Å². The summed E-state index contributed by atoms with van der Waals surface area (Å²) in [7, 11) is -3.76. The maximum absolute atomic E-state index is 13.4. The molecule has 21 heavy (non-hydrogen) atoms. The van der Waals surface area contributed by atoms with Crippen molar-refractivity contribution in [3.8, 4) is 0 Å². The van der Waals surface area contributed by atoms with Gasteiger partial charge in [0.25, 0.3) is 10.0 Å². The molecule has 2 rings (SSSR count). The van der Waals surface area contributed by atoms with Gasteiger partial charge in [-0.05, 0) is 30.2 Å². The number of nitrogens with zero attached hydrogens (tertiary/aromatic N) is 1. The number of sulfonamides is 1. The van der Waals surface area contributed by atoms with E-state index in [2.05, 4.69) is 0 Å². The van der Waals surface area contributed by atoms with Crippen molar-refractivity contribution in [1.29, 1.82) is 0 Å². The summed E-state index contributed by atoms with van der Waals surface area (Å²) in [5.41, 5.74) is 0. The summed E-state index contributed by atoms with van der Waals surface area (Å²) in [6.45, 7) is 0.536. The molecule has 1 aromatic rings. The lowest BCUT2D eigenvalue weighted by Gasteiger charge is -2.30. The quantitative estimate of drug-likeness (QED) is 0.848. The van der Waals surface area contributed by atoms with Crippen LogP contribution in [0.5, 0.6) is 0 Å². The Bertz CT molecular complexity index is 593. The van der Waals surface area contributed by atoms with Gasteiger partial charge in [-0.2, -0.15) is 4.31 Å². The first-order chi connectivity index (χ1) is 9.91. The van der Waals surface area contributed by atoms with Gasteiger partial charge >= 0.3 is 5.97 Å². The van der Waals surface area contributed by atoms with Crippen molar-refractivity contribution in [2.24, 2.45) is 5.92 Å². The van der Waals surface area contributed by atoms with Gasteiger partial charge < -0.3 is 9.84 Å². The topological polar surface area (TPSA) is 83.9 Å². The zero-order valence-electron chi connectivity index (χ0n) is 11.2. The van der Waals surface area contributed by atoms with Crippen LogP contribution in [0.2, 0.25) is 0 Å². The molecule has 0 amide bonds. The molecule has 1 saturated heterocycles. The van der Waals surface area contributed by atoms with Gasteiger partial charge in [0.15, 0.2) is 10.0 Å². The van der Waals surface area contributed by atoms with Gasteiger partial charge in [0.05, 0.1) is 6.61 Å². The first-order valence-corrected chi connectivity index (χ1v) is 8.76. The molecule has 0 aromatic carbocycles. The van der Waals surface area contributed by atoms with Crippen LogP contribution in [0.1, 0.15) is 12.8 Å². The molecular weight excluding hydrogens is 321 g/mol. The largest absolute Gasteiger partial charge is 0.480 e. The Hall–Kier alpha value is -1.03. The van der Waals surface area contributed by atoms with Crippen LogP contribution < -0.4 is 0 Å². The van der Waals surface area contributed by atoms with E-state index in [0.29, 0.717) is 32.5 Å². The third-order valence-electron chi connectivity index (χ3n) is 3.31. The second-order valence-electron chi connectivity index (χ2n) is 4.81. The molecule has 1 fully saturated rings. The Kier molecular flexibility index (Phi) is 5.31. The molecule has 0 unspecified atom stereocenters. The van der Waals surface area contributed by atoms with Gasteiger partial charge in [-0.25, -0.2) is 17.6 Å². The van der Waals surface area contributed by atoms with Crippen molar-refractivity contribution < 1.29 is 27.4 Å². The summed E-state index contributed by atoms with van der Waals surface area (Å²) < 4.78 is 44.0. The lowest BCUT2D eigenvalue weighted by Crippen LogP contribution is -2.39. The van der Waals surface area contributed by atoms with E-state index in [0.717, 1.165) is 17.4 Å². The van der Waals surface area contributed by atoms with Crippen molar-refractivity contribution in [3.63, 3.8) is 0 Å². The zero-order valence-corrected chi connectivity index (χ0v) is 12.8. The molecule has 0 aliphatic carbocycles. The minimum atomic E-state index is -3.76. The van der Waals surface area contributed by atoms with Crippen LogP contribution in [-0.4, -0.2) is 50.1 Å². The first kappa shape index (κ1) is 16.3. The predicted molar refractivity (Wildman–Crippen MR) is 74.2 cm³/mol. The maximum atomic E-state index is 13.4. The summed E-state index contributed by atoms with van der Waals surface area (Å²) in [6.07, 6.45) is 1.15. The number of piperidine rings is 1. The van der Waals surface area contributed by atoms with Crippen LogP contribution in [0.3, 0.4) is 0 Å². The molecule has 9 heteroatoms. The third-order valence-corrected chi connectivity index (χ3v) is 6.62. The molecule has 118 valence electrons. The predicted octanol–water partition coefficient (Wildman–Crippen LogP) is 1.39. The number of halogens is 1. The third kappa shape index (κ3) is 4.00. The highest BCUT2D eigenvalue weighted by Gasteiger charge is 2.32. The molecule has 1 N–H and O–H groups in total. The number of carbonyl (C=O) groups is 1. The molecule has 2 heterocycles. The molecule has 1 aliphatic heterocycles. The fourth-order valence-electron chi connectivity index (χ4n) is 2.21. The Labute approximate surface area is 126 Å². The Balaban J connectivity index is 1.89. The Morgan fingerprint density at radius 3 is 2.67 bits per heavy atom. The minimum Gasteiger partial charge on any atom is -0.480 e. The smallest absolute Gasteiger partial charge is 0.329 e. The summed E-state index contributed by atoms with van der Waals surface area (Å²) >= 11 is 0.873. The van der Waals surface area contributed by atoms with E-state index >= 15 is 0 Å². The number of carboxylic acid groups (broad SMARTS) is 1. The summed E-state index contributed by atoms with van der Waals surface area (Å²) in [5.74, 6) is -1.61. The summed E-state index contributed by atoms with van der Waals surface area (Å²) in [4.78, 5) is 10.3. The maximum Gasteiger partial charge on any atom is 0.329 e. The highest BCUT2D eigenvalue weighted by molar-refractivity contribution is 7.91. The number of aliphatic carboxylic acids is 1. The standard InChI is InChI=1S/C12H16FNO5S2/c13-10-3-6-20-12(10)21(17,18)14-4-1-9(2-5-14)7-19-8-11(15)16/h3,6,9H,1-2,4-5,7-8H2,(H,15,16). The fraction of sp³-hybridized carbons (Fsp3) is 0.583. The highest BCUT2D eigenvalue weighted by Crippen LogP contribution is 2.28. The molecular formula is C12H16FNO5S2. The number of hydrogen-bond acceptors (Lipinski definition) is 5. The van der Waals surface area contributed by atoms with Gasteiger partial charge in [-0.3, -0.25) is 0 Å². The van der Waals surface area contributed by atoms with Crippen LogP contribution in [-0.2, 0) is 19.6 Å². The van der Waals surface area contributed by atoms with Crippen LogP contribution in [0.25, 0.3) is 0 Å². The van der Waals surface area contributed by atoms with Crippen LogP contribution in [0.15, 0.2) is 15.7 Å². The second-order valence-corrected chi connectivity index (χ2v) is 7.86. The average Bonchev–Trinajstić information content (AvgIpc) is 2.86. The van der Waals surface area contributed by atoms with Crippen molar-refractivity contribution in [2.75, 3.05) is 26.3 Å². The van der Waals surface area contributed by atoms with E-state index in [4.69, 9.17) is 9.84 Å². The van der Waals surface area contributed by atoms with E-state index < -0.39 is 21.8 Å². The van der Waals surface area contributed by atoms with Gasteiger partial charge in [0.2, 0.25) is 0 Å². The van der Waals surface area contributed by atoms with Gasteiger partial charge in [-0.15, -0.1) is 11.3 Å². The molecule has 6 nitrogen and oxygen atoms in total. The first-order valence-electron chi connectivity index (χ1n) is 6.44. The van der Waals surface area contributed by atoms with Crippen molar-refractivity contribution in [3.05, 3.63) is 17.3 Å². The van der Waals surface area contributed by atoms with E-state index in [1.807, 2.05) is 0 Å². The fourth-order valence-corrected chi connectivity index (χ4v) is 4.91. The van der Waals surface area contributed by atoms with Gasteiger partial charge in [-0.1, -0.05) is 0 Å². The molecule has 0 bridgehead atoms. The molecule has 0 atom stereocenters. The van der Waals surface area contributed by atoms with E-state index in [-0.39, 0.29) is 16.7 Å². The van der Waals surface area contributed by atoms with Gasteiger partial charge in [0.1, 0.15) is 6.61 Å². The number of rotatable bonds is 6. The summed E-state index contributed by atoms with van der Waals surface area (Å²) in [5, 5.41) is 9.89. The lowest BCUT2D eigenvalue weighted by atomic mass is 9.99. The monoisotopic (exact) mass is 337 g/mol. The lowest BCUT2D eigenvalue weighted by molar-refractivity contribution is -0.142. The molecule has 1 aromatic heterocycles. The van der Waals surface area contributed by atoms with Crippen LogP contribution >= 0.6 is 11.3 Å². The minimum absolute atomic E-state index is 0.129. The number of carboxylic acids is 1. The number of hydrogen-bond donors (Lipinski definition) is 1. The second kappa shape index (κ2) is 6.82. The number of ether oxygens (including phenoxy) is 1. The average molecular weight is 337 g/mol. The van der Waals surface area contributed by atoms with Crippen LogP contribution in [0, 0.1) is 11.7 Å². The molecule has 0 spiro atoms. The van der Waals surface area contributed by atoms with E-state index in [1.165, 1.54) is 9.69 Å². The Morgan fingerprint density at radius 1 is 1.48 bits per heavy atom. The Morgan fingerprint density at radius 2 is 2.14 bits per heavy atom. The molecule has 0 radical (unpaired) electrons. The zero-order chi connectivity index (χ0) is 15.5. The van der Waals surface area contributed by atoms with Crippen molar-refractivity contribution in [2.45, 2.75) is 17.1 Å². The summed E-state index contributed by atoms with van der Waals surface area (Å²) in [6, 6.07) is 1.14. The van der Waals surface area contributed by atoms with Gasteiger partial charge in [0, 0.05) is 13.1 Å². The van der Waals surface area contributed by atoms with E-state index in [9.17, 15) is 17.6 Å². The molecule has 0 saturated carbocycles. The number of thiophene rings is 1. The highest BCUT2D eigenvalue weighted by atomic mass is 32.2.